The smallest absolute Gasteiger partial charge is 0.226 e. The number of fused-ring (bicyclic) bond motifs is 1. The third-order valence-corrected chi connectivity index (χ3v) is 6.40. The van der Waals surface area contributed by atoms with Crippen molar-refractivity contribution in [2.45, 2.75) is 58.1 Å². The molecule has 2 fully saturated rings. The van der Waals surface area contributed by atoms with E-state index in [-0.39, 0.29) is 6.10 Å². The number of benzene rings is 1. The van der Waals surface area contributed by atoms with Crippen molar-refractivity contribution in [3.05, 3.63) is 23.9 Å². The normalized spacial score (nSPS) is 25.3. The average molecular weight is 426 g/mol. The lowest BCUT2D eigenvalue weighted by molar-refractivity contribution is 0.138. The number of aryl methyl sites for hydroxylation is 1. The molecule has 7 nitrogen and oxygen atoms in total. The van der Waals surface area contributed by atoms with E-state index in [1.54, 1.807) is 0 Å². The molecule has 166 valence electrons. The van der Waals surface area contributed by atoms with E-state index in [4.69, 9.17) is 28.9 Å². The molecule has 2 aliphatic heterocycles. The lowest BCUT2D eigenvalue weighted by Gasteiger charge is -2.27. The van der Waals surface area contributed by atoms with Crippen LogP contribution in [0.15, 0.2) is 18.2 Å². The molecule has 31 heavy (non-hydrogen) atoms. The Morgan fingerprint density at radius 2 is 1.77 bits per heavy atom. The van der Waals surface area contributed by atoms with Gasteiger partial charge in [-0.3, -0.25) is 0 Å². The van der Waals surface area contributed by atoms with Gasteiger partial charge in [0.15, 0.2) is 11.5 Å². The monoisotopic (exact) mass is 425 g/mol. The molecule has 7 heteroatoms. The van der Waals surface area contributed by atoms with Gasteiger partial charge < -0.3 is 24.3 Å². The highest BCUT2D eigenvalue weighted by Gasteiger charge is 2.25. The van der Waals surface area contributed by atoms with Gasteiger partial charge in [0.05, 0.1) is 24.5 Å². The van der Waals surface area contributed by atoms with E-state index in [2.05, 4.69) is 12.2 Å². The SMILES string of the molecule is Cc1nc(NC2CCC(C)CC2)nc(O[C@@H]2CCOC2)c1-c1ccc2c(c1)OCCO2. The summed E-state index contributed by atoms with van der Waals surface area (Å²) in [6.45, 7) is 6.78. The molecule has 0 amide bonds. The molecule has 1 aromatic carbocycles. The van der Waals surface area contributed by atoms with Crippen molar-refractivity contribution >= 4 is 5.95 Å². The van der Waals surface area contributed by atoms with Crippen LogP contribution in [0.5, 0.6) is 17.4 Å². The maximum atomic E-state index is 6.34. The Balaban J connectivity index is 1.47. The van der Waals surface area contributed by atoms with Crippen molar-refractivity contribution in [3.63, 3.8) is 0 Å². The second kappa shape index (κ2) is 8.91. The molecule has 0 unspecified atom stereocenters. The van der Waals surface area contributed by atoms with E-state index in [9.17, 15) is 0 Å². The van der Waals surface area contributed by atoms with Crippen LogP contribution in [-0.4, -0.2) is 48.5 Å². The van der Waals surface area contributed by atoms with Crippen molar-refractivity contribution in [1.82, 2.24) is 9.97 Å². The van der Waals surface area contributed by atoms with E-state index in [0.717, 1.165) is 60.1 Å². The second-order valence-electron chi connectivity index (χ2n) is 8.88. The topological polar surface area (TPSA) is 74.7 Å². The summed E-state index contributed by atoms with van der Waals surface area (Å²) in [5.41, 5.74) is 2.74. The highest BCUT2D eigenvalue weighted by molar-refractivity contribution is 5.74. The number of hydrogen-bond acceptors (Lipinski definition) is 7. The molecule has 0 radical (unpaired) electrons. The van der Waals surface area contributed by atoms with Crippen molar-refractivity contribution in [2.75, 3.05) is 31.7 Å². The van der Waals surface area contributed by atoms with Gasteiger partial charge in [0.1, 0.15) is 19.3 Å². The standard InChI is InChI=1S/C24H31N3O4/c1-15-3-6-18(7-4-15)26-24-25-16(2)22(23(27-24)31-19-9-10-28-14-19)17-5-8-20-21(13-17)30-12-11-29-20/h5,8,13,15,18-19H,3-4,6-7,9-12,14H2,1-2H3,(H,25,26,27)/t15?,18?,19-/m1/s1. The second-order valence-corrected chi connectivity index (χ2v) is 8.88. The van der Waals surface area contributed by atoms with Crippen LogP contribution >= 0.6 is 0 Å². The van der Waals surface area contributed by atoms with Gasteiger partial charge in [0.2, 0.25) is 11.8 Å². The fourth-order valence-electron chi connectivity index (χ4n) is 4.58. The largest absolute Gasteiger partial charge is 0.486 e. The van der Waals surface area contributed by atoms with Crippen LogP contribution < -0.4 is 19.5 Å². The molecule has 1 saturated carbocycles. The van der Waals surface area contributed by atoms with Crippen LogP contribution in [0.3, 0.4) is 0 Å². The number of aromatic nitrogens is 2. The third kappa shape index (κ3) is 4.56. The maximum absolute atomic E-state index is 6.34. The number of anilines is 1. The van der Waals surface area contributed by atoms with Gasteiger partial charge in [-0.2, -0.15) is 4.98 Å². The number of ether oxygens (including phenoxy) is 4. The Hall–Kier alpha value is -2.54. The van der Waals surface area contributed by atoms with Crippen LogP contribution in [0.25, 0.3) is 11.1 Å². The number of nitrogens with zero attached hydrogens (tertiary/aromatic N) is 2. The van der Waals surface area contributed by atoms with E-state index in [1.807, 2.05) is 25.1 Å². The van der Waals surface area contributed by atoms with Crippen molar-refractivity contribution in [3.8, 4) is 28.5 Å². The molecule has 0 spiro atoms. The van der Waals surface area contributed by atoms with Gasteiger partial charge in [-0.25, -0.2) is 4.98 Å². The number of rotatable bonds is 5. The predicted molar refractivity (Wildman–Crippen MR) is 118 cm³/mol. The Morgan fingerprint density at radius 1 is 0.968 bits per heavy atom. The minimum atomic E-state index is 0.00800. The maximum Gasteiger partial charge on any atom is 0.226 e. The van der Waals surface area contributed by atoms with Crippen LogP contribution in [0.4, 0.5) is 5.95 Å². The molecule has 1 aliphatic carbocycles. The van der Waals surface area contributed by atoms with E-state index >= 15 is 0 Å². The zero-order valence-electron chi connectivity index (χ0n) is 18.4. The first kappa shape index (κ1) is 20.4. The van der Waals surface area contributed by atoms with Gasteiger partial charge in [-0.05, 0) is 56.2 Å². The lowest BCUT2D eigenvalue weighted by Crippen LogP contribution is -2.26. The molecule has 1 atom stereocenters. The minimum absolute atomic E-state index is 0.00800. The van der Waals surface area contributed by atoms with Gasteiger partial charge in [-0.1, -0.05) is 13.0 Å². The summed E-state index contributed by atoms with van der Waals surface area (Å²) in [6, 6.07) is 6.38. The Kier molecular flexibility index (Phi) is 5.85. The summed E-state index contributed by atoms with van der Waals surface area (Å²) in [5, 5.41) is 3.56. The summed E-state index contributed by atoms with van der Waals surface area (Å²) in [6.07, 6.45) is 5.67. The zero-order chi connectivity index (χ0) is 21.2. The third-order valence-electron chi connectivity index (χ3n) is 6.40. The summed E-state index contributed by atoms with van der Waals surface area (Å²) < 4.78 is 23.3. The van der Waals surface area contributed by atoms with Crippen LogP contribution in [0.2, 0.25) is 0 Å². The Morgan fingerprint density at radius 3 is 2.55 bits per heavy atom. The Bertz CT molecular complexity index is 921. The molecule has 3 aliphatic rings. The molecule has 1 aromatic heterocycles. The van der Waals surface area contributed by atoms with Crippen molar-refractivity contribution in [2.24, 2.45) is 5.92 Å². The molecule has 1 N–H and O–H groups in total. The molecular weight excluding hydrogens is 394 g/mol. The molecule has 1 saturated heterocycles. The lowest BCUT2D eigenvalue weighted by atomic mass is 9.87. The van der Waals surface area contributed by atoms with Gasteiger partial charge in [-0.15, -0.1) is 0 Å². The van der Waals surface area contributed by atoms with E-state index < -0.39 is 0 Å². The van der Waals surface area contributed by atoms with Crippen LogP contribution in [-0.2, 0) is 4.74 Å². The number of hydrogen-bond donors (Lipinski definition) is 1. The van der Waals surface area contributed by atoms with Gasteiger partial charge in [0, 0.05) is 12.5 Å². The molecular formula is C24H31N3O4. The first-order valence-electron chi connectivity index (χ1n) is 11.5. The first-order chi connectivity index (χ1) is 15.2. The molecule has 2 aromatic rings. The Labute approximate surface area is 183 Å². The fourth-order valence-corrected chi connectivity index (χ4v) is 4.58. The molecule has 0 bridgehead atoms. The quantitative estimate of drug-likeness (QED) is 0.762. The van der Waals surface area contributed by atoms with Crippen molar-refractivity contribution < 1.29 is 18.9 Å². The summed E-state index contributed by atoms with van der Waals surface area (Å²) in [4.78, 5) is 9.63. The van der Waals surface area contributed by atoms with Gasteiger partial charge in [0.25, 0.3) is 0 Å². The molecule has 3 heterocycles. The van der Waals surface area contributed by atoms with Crippen molar-refractivity contribution in [1.29, 1.82) is 0 Å². The van der Waals surface area contributed by atoms with Gasteiger partial charge >= 0.3 is 0 Å². The summed E-state index contributed by atoms with van der Waals surface area (Å²) >= 11 is 0. The van der Waals surface area contributed by atoms with E-state index in [0.29, 0.717) is 37.7 Å². The molecule has 5 rings (SSSR count). The highest BCUT2D eigenvalue weighted by Crippen LogP contribution is 2.39. The predicted octanol–water partition coefficient (Wildman–Crippen LogP) is 4.38. The zero-order valence-corrected chi connectivity index (χ0v) is 18.4. The summed E-state index contributed by atoms with van der Waals surface area (Å²) in [5.74, 6) is 3.57. The van der Waals surface area contributed by atoms with Crippen LogP contribution in [0.1, 0.15) is 44.7 Å². The minimum Gasteiger partial charge on any atom is -0.486 e. The fraction of sp³-hybridized carbons (Fsp3) is 0.583. The first-order valence-corrected chi connectivity index (χ1v) is 11.5. The highest BCUT2D eigenvalue weighted by atomic mass is 16.6. The summed E-state index contributed by atoms with van der Waals surface area (Å²) in [7, 11) is 0. The van der Waals surface area contributed by atoms with E-state index in [1.165, 1.54) is 12.8 Å². The average Bonchev–Trinajstić information content (AvgIpc) is 3.28. The number of nitrogens with one attached hydrogen (secondary N) is 1. The van der Waals surface area contributed by atoms with Crippen LogP contribution in [0, 0.1) is 12.8 Å².